The van der Waals surface area contributed by atoms with Gasteiger partial charge in [0.15, 0.2) is 16.7 Å². The summed E-state index contributed by atoms with van der Waals surface area (Å²) < 4.78 is 29.5. The molecule has 34 heavy (non-hydrogen) atoms. The first-order valence-electron chi connectivity index (χ1n) is 10.1. The lowest BCUT2D eigenvalue weighted by Crippen LogP contribution is -2.19. The fourth-order valence-electron chi connectivity index (χ4n) is 3.11. The van der Waals surface area contributed by atoms with Crippen LogP contribution in [-0.2, 0) is 11.4 Å². The minimum absolute atomic E-state index is 0.195. The molecule has 3 aromatic carbocycles. The van der Waals surface area contributed by atoms with Crippen molar-refractivity contribution in [3.63, 3.8) is 0 Å². The fraction of sp³-hybridized carbons (Fsp3) is 0.120. The van der Waals surface area contributed by atoms with Crippen LogP contribution in [0.15, 0.2) is 70.6 Å². The number of carbonyl (C=O) groups is 1. The molecule has 0 atom stereocenters. The Bertz CT molecular complexity index is 1260. The highest BCUT2D eigenvalue weighted by molar-refractivity contribution is 8.18. The van der Waals surface area contributed by atoms with Gasteiger partial charge in [-0.2, -0.15) is 0 Å². The second-order valence-electron chi connectivity index (χ2n) is 7.13. The topological polar surface area (TPSA) is 69.2 Å². The van der Waals surface area contributed by atoms with Gasteiger partial charge in [0.1, 0.15) is 18.2 Å². The smallest absolute Gasteiger partial charge is 0.264 e. The van der Waals surface area contributed by atoms with Crippen LogP contribution in [0.2, 0.25) is 5.02 Å². The van der Waals surface area contributed by atoms with E-state index in [2.05, 4.69) is 10.3 Å². The number of amidine groups is 1. The van der Waals surface area contributed by atoms with Crippen molar-refractivity contribution >= 4 is 46.2 Å². The molecule has 0 spiro atoms. The number of rotatable bonds is 7. The van der Waals surface area contributed by atoms with E-state index in [4.69, 9.17) is 25.8 Å². The summed E-state index contributed by atoms with van der Waals surface area (Å²) in [6, 6.07) is 16.6. The Labute approximate surface area is 205 Å². The number of nitrogens with zero attached hydrogens (tertiary/aromatic N) is 1. The number of carbonyl (C=O) groups excluding carboxylic acids is 1. The van der Waals surface area contributed by atoms with Gasteiger partial charge in [0.2, 0.25) is 0 Å². The van der Waals surface area contributed by atoms with Gasteiger partial charge in [0, 0.05) is 0 Å². The van der Waals surface area contributed by atoms with Crippen LogP contribution >= 0.6 is 23.4 Å². The Kier molecular flexibility index (Phi) is 7.40. The van der Waals surface area contributed by atoms with Crippen LogP contribution < -0.4 is 19.5 Å². The predicted octanol–water partition coefficient (Wildman–Crippen LogP) is 5.97. The van der Waals surface area contributed by atoms with E-state index in [9.17, 15) is 9.18 Å². The van der Waals surface area contributed by atoms with E-state index in [1.54, 1.807) is 61.7 Å². The first-order chi connectivity index (χ1) is 16.4. The van der Waals surface area contributed by atoms with Gasteiger partial charge in [-0.25, -0.2) is 9.38 Å². The summed E-state index contributed by atoms with van der Waals surface area (Å²) in [7, 11) is 3.10. The van der Waals surface area contributed by atoms with Crippen LogP contribution in [0, 0.1) is 5.82 Å². The molecule has 0 bridgehead atoms. The molecule has 1 aliphatic rings. The van der Waals surface area contributed by atoms with Gasteiger partial charge >= 0.3 is 0 Å². The van der Waals surface area contributed by atoms with Gasteiger partial charge in [0.05, 0.1) is 29.8 Å². The minimum atomic E-state index is -0.317. The first-order valence-corrected chi connectivity index (χ1v) is 11.3. The molecule has 174 valence electrons. The summed E-state index contributed by atoms with van der Waals surface area (Å²) in [5, 5.41) is 3.55. The zero-order valence-electron chi connectivity index (χ0n) is 18.3. The molecule has 1 amide bonds. The SMILES string of the molecule is COc1ccc(N=C2NC(=O)/C(=C\c3cc(Cl)c(OCc4ccc(F)cc4)c(OC)c3)S2)cc1. The predicted molar refractivity (Wildman–Crippen MR) is 133 cm³/mol. The second-order valence-corrected chi connectivity index (χ2v) is 8.57. The number of amides is 1. The second kappa shape index (κ2) is 10.6. The van der Waals surface area contributed by atoms with Crippen LogP contribution in [0.5, 0.6) is 17.2 Å². The number of methoxy groups -OCH3 is 2. The summed E-state index contributed by atoms with van der Waals surface area (Å²) >= 11 is 7.68. The molecule has 0 unspecified atom stereocenters. The Balaban J connectivity index is 1.51. The maximum Gasteiger partial charge on any atom is 0.264 e. The van der Waals surface area contributed by atoms with Crippen molar-refractivity contribution in [2.24, 2.45) is 4.99 Å². The highest BCUT2D eigenvalue weighted by atomic mass is 35.5. The van der Waals surface area contributed by atoms with Gasteiger partial charge in [0.25, 0.3) is 5.91 Å². The maximum atomic E-state index is 13.1. The summed E-state index contributed by atoms with van der Waals surface area (Å²) in [5.41, 5.74) is 2.14. The lowest BCUT2D eigenvalue weighted by Gasteiger charge is -2.13. The Morgan fingerprint density at radius 3 is 2.47 bits per heavy atom. The van der Waals surface area contributed by atoms with Crippen LogP contribution in [0.3, 0.4) is 0 Å². The van der Waals surface area contributed by atoms with E-state index >= 15 is 0 Å². The monoisotopic (exact) mass is 498 g/mol. The summed E-state index contributed by atoms with van der Waals surface area (Å²) in [6.07, 6.45) is 1.70. The van der Waals surface area contributed by atoms with Crippen molar-refractivity contribution in [2.45, 2.75) is 6.61 Å². The molecule has 1 fully saturated rings. The molecule has 0 aromatic heterocycles. The third kappa shape index (κ3) is 5.70. The molecule has 0 aliphatic carbocycles. The number of nitrogens with one attached hydrogen (secondary N) is 1. The highest BCUT2D eigenvalue weighted by Crippen LogP contribution is 2.38. The van der Waals surface area contributed by atoms with Crippen molar-refractivity contribution in [3.8, 4) is 17.2 Å². The van der Waals surface area contributed by atoms with Crippen molar-refractivity contribution in [1.82, 2.24) is 5.32 Å². The lowest BCUT2D eigenvalue weighted by molar-refractivity contribution is -0.115. The van der Waals surface area contributed by atoms with Gasteiger partial charge in [-0.15, -0.1) is 0 Å². The van der Waals surface area contributed by atoms with Crippen molar-refractivity contribution < 1.29 is 23.4 Å². The third-order valence-electron chi connectivity index (χ3n) is 4.80. The average Bonchev–Trinajstić information content (AvgIpc) is 3.17. The van der Waals surface area contributed by atoms with Crippen LogP contribution in [-0.4, -0.2) is 25.3 Å². The van der Waals surface area contributed by atoms with Crippen LogP contribution in [0.1, 0.15) is 11.1 Å². The molecule has 1 N–H and O–H groups in total. The van der Waals surface area contributed by atoms with E-state index in [0.717, 1.165) is 11.3 Å². The summed E-state index contributed by atoms with van der Waals surface area (Å²) in [6.45, 7) is 0.195. The van der Waals surface area contributed by atoms with Gasteiger partial charge in [-0.3, -0.25) is 4.79 Å². The first kappa shape index (κ1) is 23.7. The van der Waals surface area contributed by atoms with E-state index in [1.165, 1.54) is 31.0 Å². The van der Waals surface area contributed by atoms with Crippen molar-refractivity contribution in [3.05, 3.63) is 87.5 Å². The normalized spacial score (nSPS) is 15.5. The number of hydrogen-bond donors (Lipinski definition) is 1. The quantitative estimate of drug-likeness (QED) is 0.407. The van der Waals surface area contributed by atoms with Crippen molar-refractivity contribution in [1.29, 1.82) is 0 Å². The number of ether oxygens (including phenoxy) is 3. The third-order valence-corrected chi connectivity index (χ3v) is 5.99. The number of aliphatic imine (C=N–C) groups is 1. The number of thioether (sulfide) groups is 1. The van der Waals surface area contributed by atoms with Gasteiger partial charge < -0.3 is 19.5 Å². The zero-order chi connectivity index (χ0) is 24.1. The standard InChI is InChI=1S/C25H20ClFN2O4S/c1-31-19-9-7-18(8-10-19)28-25-29-24(30)22(34-25)13-16-11-20(26)23(21(12-16)32-2)33-14-15-3-5-17(27)6-4-15/h3-13H,14H2,1-2H3,(H,28,29,30)/b22-13+. The lowest BCUT2D eigenvalue weighted by atomic mass is 10.1. The van der Waals surface area contributed by atoms with Gasteiger partial charge in [-0.1, -0.05) is 23.7 Å². The molecule has 4 rings (SSSR count). The molecule has 0 saturated carbocycles. The van der Waals surface area contributed by atoms with Gasteiger partial charge in [-0.05, 0) is 77.5 Å². The molecular weight excluding hydrogens is 479 g/mol. The minimum Gasteiger partial charge on any atom is -0.497 e. The summed E-state index contributed by atoms with van der Waals surface area (Å²) in [4.78, 5) is 17.4. The van der Waals surface area contributed by atoms with Crippen molar-refractivity contribution in [2.75, 3.05) is 14.2 Å². The molecule has 1 heterocycles. The average molecular weight is 499 g/mol. The highest BCUT2D eigenvalue weighted by Gasteiger charge is 2.24. The Morgan fingerprint density at radius 1 is 1.06 bits per heavy atom. The number of hydrogen-bond acceptors (Lipinski definition) is 6. The molecule has 3 aromatic rings. The Morgan fingerprint density at radius 2 is 1.79 bits per heavy atom. The van der Waals surface area contributed by atoms with E-state index < -0.39 is 0 Å². The summed E-state index contributed by atoms with van der Waals surface area (Å²) in [5.74, 6) is 0.924. The van der Waals surface area contributed by atoms with Crippen LogP contribution in [0.4, 0.5) is 10.1 Å². The molecule has 9 heteroatoms. The van der Waals surface area contributed by atoms with E-state index in [-0.39, 0.29) is 18.3 Å². The maximum absolute atomic E-state index is 13.1. The fourth-order valence-corrected chi connectivity index (χ4v) is 4.22. The van der Waals surface area contributed by atoms with Crippen LogP contribution in [0.25, 0.3) is 6.08 Å². The number of halogens is 2. The molecular formula is C25H20ClFN2O4S. The largest absolute Gasteiger partial charge is 0.497 e. The molecule has 6 nitrogen and oxygen atoms in total. The Hall–Kier alpha value is -3.49. The molecule has 0 radical (unpaired) electrons. The molecule has 1 saturated heterocycles. The number of benzene rings is 3. The van der Waals surface area contributed by atoms with E-state index in [0.29, 0.717) is 37.8 Å². The van der Waals surface area contributed by atoms with E-state index in [1.807, 2.05) is 0 Å². The molecule has 1 aliphatic heterocycles. The zero-order valence-corrected chi connectivity index (χ0v) is 19.9.